The standard InChI is InChI=1S/C14H16ClN3O2/c15-9-4-5-11(12(16)7-9)14-17-13(18-20-14)8-10-3-1-2-6-19-10/h4-5,7,10H,1-3,6,8,16H2. The fourth-order valence-electron chi connectivity index (χ4n) is 2.35. The number of aromatic nitrogens is 2. The van der Waals surface area contributed by atoms with Crippen molar-refractivity contribution < 1.29 is 9.26 Å². The maximum absolute atomic E-state index is 5.91. The molecule has 5 nitrogen and oxygen atoms in total. The molecule has 1 saturated heterocycles. The van der Waals surface area contributed by atoms with E-state index in [1.807, 2.05) is 0 Å². The van der Waals surface area contributed by atoms with E-state index in [-0.39, 0.29) is 6.10 Å². The molecule has 0 radical (unpaired) electrons. The summed E-state index contributed by atoms with van der Waals surface area (Å²) in [5.74, 6) is 1.08. The second kappa shape index (κ2) is 5.81. The van der Waals surface area contributed by atoms with Gasteiger partial charge in [0, 0.05) is 23.7 Å². The average molecular weight is 294 g/mol. The van der Waals surface area contributed by atoms with Crippen molar-refractivity contribution in [3.05, 3.63) is 29.0 Å². The van der Waals surface area contributed by atoms with Crippen LogP contribution in [0.4, 0.5) is 5.69 Å². The third-order valence-corrected chi connectivity index (χ3v) is 3.63. The van der Waals surface area contributed by atoms with Crippen molar-refractivity contribution in [2.75, 3.05) is 12.3 Å². The van der Waals surface area contributed by atoms with Gasteiger partial charge < -0.3 is 15.0 Å². The van der Waals surface area contributed by atoms with Gasteiger partial charge in [-0.3, -0.25) is 0 Å². The first-order valence-electron chi connectivity index (χ1n) is 6.72. The van der Waals surface area contributed by atoms with Gasteiger partial charge in [-0.1, -0.05) is 16.8 Å². The number of nitrogens with zero attached hydrogens (tertiary/aromatic N) is 2. The van der Waals surface area contributed by atoms with Gasteiger partial charge in [0.05, 0.1) is 11.7 Å². The first-order chi connectivity index (χ1) is 9.72. The summed E-state index contributed by atoms with van der Waals surface area (Å²) in [7, 11) is 0. The predicted molar refractivity (Wildman–Crippen MR) is 76.5 cm³/mol. The molecule has 0 spiro atoms. The minimum atomic E-state index is 0.191. The Morgan fingerprint density at radius 2 is 2.25 bits per heavy atom. The Kier molecular flexibility index (Phi) is 3.89. The van der Waals surface area contributed by atoms with Crippen LogP contribution in [0.15, 0.2) is 22.7 Å². The van der Waals surface area contributed by atoms with Crippen molar-refractivity contribution in [1.82, 2.24) is 10.1 Å². The van der Waals surface area contributed by atoms with E-state index < -0.39 is 0 Å². The number of ether oxygens (including phenoxy) is 1. The number of benzene rings is 1. The summed E-state index contributed by atoms with van der Waals surface area (Å²) in [5.41, 5.74) is 7.15. The zero-order valence-corrected chi connectivity index (χ0v) is 11.8. The summed E-state index contributed by atoms with van der Waals surface area (Å²) >= 11 is 5.88. The topological polar surface area (TPSA) is 74.2 Å². The average Bonchev–Trinajstić information content (AvgIpc) is 2.88. The Bertz CT molecular complexity index is 594. The minimum Gasteiger partial charge on any atom is -0.398 e. The maximum Gasteiger partial charge on any atom is 0.260 e. The van der Waals surface area contributed by atoms with E-state index in [0.717, 1.165) is 19.4 Å². The number of hydrogen-bond acceptors (Lipinski definition) is 5. The normalized spacial score (nSPS) is 19.1. The zero-order valence-electron chi connectivity index (χ0n) is 11.0. The molecule has 1 unspecified atom stereocenters. The van der Waals surface area contributed by atoms with E-state index in [0.29, 0.717) is 34.4 Å². The van der Waals surface area contributed by atoms with Crippen molar-refractivity contribution in [3.63, 3.8) is 0 Å². The molecule has 20 heavy (non-hydrogen) atoms. The molecule has 2 N–H and O–H groups in total. The molecule has 1 aliphatic rings. The minimum absolute atomic E-state index is 0.191. The van der Waals surface area contributed by atoms with Crippen LogP contribution in [-0.4, -0.2) is 22.9 Å². The molecule has 6 heteroatoms. The van der Waals surface area contributed by atoms with Gasteiger partial charge in [-0.05, 0) is 37.5 Å². The molecular formula is C14H16ClN3O2. The lowest BCUT2D eigenvalue weighted by Crippen LogP contribution is -2.21. The second-order valence-corrected chi connectivity index (χ2v) is 5.38. The van der Waals surface area contributed by atoms with Crippen molar-refractivity contribution in [1.29, 1.82) is 0 Å². The molecule has 2 aromatic rings. The first-order valence-corrected chi connectivity index (χ1v) is 7.10. The van der Waals surface area contributed by atoms with E-state index in [1.54, 1.807) is 18.2 Å². The molecule has 0 aliphatic carbocycles. The number of hydrogen-bond donors (Lipinski definition) is 1. The quantitative estimate of drug-likeness (QED) is 0.880. The van der Waals surface area contributed by atoms with Gasteiger partial charge >= 0.3 is 0 Å². The van der Waals surface area contributed by atoms with Crippen LogP contribution in [0.25, 0.3) is 11.5 Å². The Labute approximate surface area is 122 Å². The number of nitrogens with two attached hydrogens (primary N) is 1. The Hall–Kier alpha value is -1.59. The van der Waals surface area contributed by atoms with E-state index in [2.05, 4.69) is 10.1 Å². The molecule has 1 aliphatic heterocycles. The largest absolute Gasteiger partial charge is 0.398 e. The Balaban J connectivity index is 1.75. The molecule has 106 valence electrons. The van der Waals surface area contributed by atoms with Crippen LogP contribution in [0.1, 0.15) is 25.1 Å². The zero-order chi connectivity index (χ0) is 13.9. The van der Waals surface area contributed by atoms with Crippen LogP contribution >= 0.6 is 11.6 Å². The summed E-state index contributed by atoms with van der Waals surface area (Å²) in [6, 6.07) is 5.21. The molecule has 0 bridgehead atoms. The number of anilines is 1. The van der Waals surface area contributed by atoms with Crippen molar-refractivity contribution in [2.45, 2.75) is 31.8 Å². The monoisotopic (exact) mass is 293 g/mol. The fraction of sp³-hybridized carbons (Fsp3) is 0.429. The summed E-state index contributed by atoms with van der Waals surface area (Å²) in [6.45, 7) is 0.819. The van der Waals surface area contributed by atoms with Crippen LogP contribution in [0, 0.1) is 0 Å². The van der Waals surface area contributed by atoms with Crippen molar-refractivity contribution in [2.24, 2.45) is 0 Å². The smallest absolute Gasteiger partial charge is 0.260 e. The molecule has 1 aromatic carbocycles. The Morgan fingerprint density at radius 3 is 3.00 bits per heavy atom. The van der Waals surface area contributed by atoms with E-state index in [4.69, 9.17) is 26.6 Å². The van der Waals surface area contributed by atoms with Crippen LogP contribution < -0.4 is 5.73 Å². The maximum atomic E-state index is 5.91. The summed E-state index contributed by atoms with van der Waals surface area (Å²) < 4.78 is 10.9. The summed E-state index contributed by atoms with van der Waals surface area (Å²) in [6.07, 6.45) is 4.25. The molecular weight excluding hydrogens is 278 g/mol. The van der Waals surface area contributed by atoms with E-state index >= 15 is 0 Å². The highest BCUT2D eigenvalue weighted by molar-refractivity contribution is 6.31. The molecule has 1 fully saturated rings. The van der Waals surface area contributed by atoms with Crippen molar-refractivity contribution in [3.8, 4) is 11.5 Å². The fourth-order valence-corrected chi connectivity index (χ4v) is 2.53. The lowest BCUT2D eigenvalue weighted by Gasteiger charge is -2.20. The summed E-state index contributed by atoms with van der Waals surface area (Å²) in [5, 5.41) is 4.58. The molecule has 0 saturated carbocycles. The number of nitrogen functional groups attached to an aromatic ring is 1. The van der Waals surface area contributed by atoms with Gasteiger partial charge in [0.15, 0.2) is 5.82 Å². The van der Waals surface area contributed by atoms with Gasteiger partial charge in [0.2, 0.25) is 0 Å². The van der Waals surface area contributed by atoms with Gasteiger partial charge in [-0.15, -0.1) is 0 Å². The highest BCUT2D eigenvalue weighted by Crippen LogP contribution is 2.27. The van der Waals surface area contributed by atoms with Crippen LogP contribution in [0.2, 0.25) is 5.02 Å². The first kappa shape index (κ1) is 13.4. The molecule has 2 heterocycles. The highest BCUT2D eigenvalue weighted by Gasteiger charge is 2.18. The third-order valence-electron chi connectivity index (χ3n) is 3.40. The lowest BCUT2D eigenvalue weighted by molar-refractivity contribution is 0.0153. The molecule has 1 aromatic heterocycles. The SMILES string of the molecule is Nc1cc(Cl)ccc1-c1nc(CC2CCCCO2)no1. The van der Waals surface area contributed by atoms with Crippen LogP contribution in [0.3, 0.4) is 0 Å². The van der Waals surface area contributed by atoms with Gasteiger partial charge in [-0.2, -0.15) is 4.98 Å². The van der Waals surface area contributed by atoms with Crippen LogP contribution in [-0.2, 0) is 11.2 Å². The third kappa shape index (κ3) is 2.94. The van der Waals surface area contributed by atoms with E-state index in [9.17, 15) is 0 Å². The Morgan fingerprint density at radius 1 is 1.35 bits per heavy atom. The molecule has 3 rings (SSSR count). The molecule has 0 amide bonds. The lowest BCUT2D eigenvalue weighted by atomic mass is 10.1. The predicted octanol–water partition coefficient (Wildman–Crippen LogP) is 3.08. The van der Waals surface area contributed by atoms with Gasteiger partial charge in [0.25, 0.3) is 5.89 Å². The van der Waals surface area contributed by atoms with Gasteiger partial charge in [0.1, 0.15) is 0 Å². The molecule has 1 atom stereocenters. The number of rotatable bonds is 3. The van der Waals surface area contributed by atoms with Gasteiger partial charge in [-0.25, -0.2) is 0 Å². The van der Waals surface area contributed by atoms with Crippen LogP contribution in [0.5, 0.6) is 0 Å². The van der Waals surface area contributed by atoms with Crippen molar-refractivity contribution >= 4 is 17.3 Å². The second-order valence-electron chi connectivity index (χ2n) is 4.94. The number of halogens is 1. The van der Waals surface area contributed by atoms with E-state index in [1.165, 1.54) is 6.42 Å². The highest BCUT2D eigenvalue weighted by atomic mass is 35.5. The summed E-state index contributed by atoms with van der Waals surface area (Å²) in [4.78, 5) is 4.38.